The van der Waals surface area contributed by atoms with E-state index < -0.39 is 0 Å². The molecule has 0 aliphatic carbocycles. The number of aromatic nitrogens is 3. The lowest BCUT2D eigenvalue weighted by molar-refractivity contribution is 0.102. The zero-order valence-electron chi connectivity index (χ0n) is 14.4. The van der Waals surface area contributed by atoms with Gasteiger partial charge in [-0.05, 0) is 56.1 Å². The fourth-order valence-electron chi connectivity index (χ4n) is 3.07. The summed E-state index contributed by atoms with van der Waals surface area (Å²) in [4.78, 5) is 22.2. The van der Waals surface area contributed by atoms with Gasteiger partial charge in [-0.3, -0.25) is 14.7 Å². The van der Waals surface area contributed by atoms with Gasteiger partial charge in [-0.15, -0.1) is 23.7 Å². The molecule has 2 aromatic heterocycles. The summed E-state index contributed by atoms with van der Waals surface area (Å²) in [6.07, 6.45) is 7.05. The molecule has 1 fully saturated rings. The molecule has 0 atom stereocenters. The fraction of sp³-hybridized carbons (Fsp3) is 0.278. The zero-order chi connectivity index (χ0) is 17.9. The number of nitrogens with zero attached hydrogens (tertiary/aromatic N) is 3. The van der Waals surface area contributed by atoms with E-state index in [0.717, 1.165) is 25.9 Å². The smallest absolute Gasteiger partial charge is 0.276 e. The van der Waals surface area contributed by atoms with Gasteiger partial charge >= 0.3 is 0 Å². The van der Waals surface area contributed by atoms with Crippen LogP contribution in [-0.4, -0.2) is 33.5 Å². The zero-order valence-corrected chi connectivity index (χ0v) is 16.0. The van der Waals surface area contributed by atoms with Crippen LogP contribution in [0, 0.1) is 5.82 Å². The Labute approximate surface area is 166 Å². The summed E-state index contributed by atoms with van der Waals surface area (Å²) in [7, 11) is 0. The van der Waals surface area contributed by atoms with E-state index in [2.05, 4.69) is 20.6 Å². The van der Waals surface area contributed by atoms with Crippen LogP contribution in [0.4, 0.5) is 9.52 Å². The van der Waals surface area contributed by atoms with Crippen molar-refractivity contribution in [2.45, 2.75) is 18.8 Å². The third-order valence-electron chi connectivity index (χ3n) is 4.46. The summed E-state index contributed by atoms with van der Waals surface area (Å²) >= 11 is 1.52. The largest absolute Gasteiger partial charge is 0.317 e. The number of carbonyl (C=O) groups excluding carboxylic acids is 1. The Bertz CT molecular complexity index is 905. The van der Waals surface area contributed by atoms with Crippen LogP contribution in [-0.2, 0) is 0 Å². The summed E-state index contributed by atoms with van der Waals surface area (Å²) < 4.78 is 14.7. The average Bonchev–Trinajstić information content (AvgIpc) is 3.33. The van der Waals surface area contributed by atoms with Crippen LogP contribution in [0.15, 0.2) is 43.0 Å². The Morgan fingerprint density at radius 3 is 2.70 bits per heavy atom. The molecule has 1 aromatic carbocycles. The molecular formula is C18H19ClFN5OS. The monoisotopic (exact) mass is 407 g/mol. The third-order valence-corrected chi connectivity index (χ3v) is 5.54. The van der Waals surface area contributed by atoms with Crippen LogP contribution in [0.2, 0.25) is 0 Å². The highest BCUT2D eigenvalue weighted by Crippen LogP contribution is 2.31. The van der Waals surface area contributed by atoms with Gasteiger partial charge < -0.3 is 5.32 Å². The summed E-state index contributed by atoms with van der Waals surface area (Å²) in [5.41, 5.74) is 1.04. The summed E-state index contributed by atoms with van der Waals surface area (Å²) in [5.74, 6) is -0.115. The van der Waals surface area contributed by atoms with Gasteiger partial charge in [0.1, 0.15) is 11.5 Å². The van der Waals surface area contributed by atoms with Crippen LogP contribution in [0.5, 0.6) is 0 Å². The third kappa shape index (κ3) is 4.35. The van der Waals surface area contributed by atoms with Crippen molar-refractivity contribution in [1.29, 1.82) is 0 Å². The van der Waals surface area contributed by atoms with E-state index in [-0.39, 0.29) is 24.1 Å². The van der Waals surface area contributed by atoms with E-state index in [0.29, 0.717) is 22.4 Å². The van der Waals surface area contributed by atoms with Crippen molar-refractivity contribution in [3.05, 3.63) is 59.4 Å². The van der Waals surface area contributed by atoms with E-state index in [1.165, 1.54) is 40.9 Å². The van der Waals surface area contributed by atoms with E-state index in [9.17, 15) is 9.18 Å². The van der Waals surface area contributed by atoms with Gasteiger partial charge in [-0.2, -0.15) is 0 Å². The number of halogens is 2. The molecule has 0 unspecified atom stereocenters. The van der Waals surface area contributed by atoms with Crippen molar-refractivity contribution in [3.8, 4) is 5.69 Å². The van der Waals surface area contributed by atoms with Crippen LogP contribution in [0.25, 0.3) is 5.69 Å². The maximum absolute atomic E-state index is 13.1. The molecule has 0 spiro atoms. The Morgan fingerprint density at radius 2 is 1.96 bits per heavy atom. The first-order valence-corrected chi connectivity index (χ1v) is 9.28. The van der Waals surface area contributed by atoms with Gasteiger partial charge in [-0.1, -0.05) is 0 Å². The van der Waals surface area contributed by atoms with Gasteiger partial charge in [0.25, 0.3) is 5.91 Å². The molecule has 0 radical (unpaired) electrons. The van der Waals surface area contributed by atoms with Crippen LogP contribution < -0.4 is 10.6 Å². The van der Waals surface area contributed by atoms with Gasteiger partial charge in [0, 0.05) is 16.8 Å². The fourth-order valence-corrected chi connectivity index (χ4v) is 4.05. The molecule has 3 heterocycles. The van der Waals surface area contributed by atoms with E-state index in [1.54, 1.807) is 16.7 Å². The van der Waals surface area contributed by atoms with Crippen LogP contribution in [0.1, 0.15) is 34.1 Å². The molecule has 1 aliphatic rings. The topological polar surface area (TPSA) is 71.8 Å². The van der Waals surface area contributed by atoms with E-state index in [1.807, 2.05) is 6.20 Å². The second kappa shape index (κ2) is 8.60. The van der Waals surface area contributed by atoms with E-state index >= 15 is 0 Å². The molecule has 142 valence electrons. The molecule has 1 saturated heterocycles. The van der Waals surface area contributed by atoms with Crippen LogP contribution >= 0.6 is 23.7 Å². The maximum Gasteiger partial charge on any atom is 0.276 e. The lowest BCUT2D eigenvalue weighted by atomic mass is 9.97. The molecule has 2 N–H and O–H groups in total. The van der Waals surface area contributed by atoms with Crippen molar-refractivity contribution >= 4 is 34.8 Å². The first kappa shape index (κ1) is 19.5. The van der Waals surface area contributed by atoms with Crippen molar-refractivity contribution in [3.63, 3.8) is 0 Å². The minimum Gasteiger partial charge on any atom is -0.317 e. The van der Waals surface area contributed by atoms with Gasteiger partial charge in [0.15, 0.2) is 5.13 Å². The number of piperidine rings is 1. The highest BCUT2D eigenvalue weighted by Gasteiger charge is 2.19. The van der Waals surface area contributed by atoms with E-state index in [4.69, 9.17) is 0 Å². The quantitative estimate of drug-likeness (QED) is 0.693. The highest BCUT2D eigenvalue weighted by atomic mass is 35.5. The molecular weight excluding hydrogens is 389 g/mol. The number of hydrogen-bond donors (Lipinski definition) is 2. The second-order valence-corrected chi connectivity index (χ2v) is 7.23. The number of hydrogen-bond acceptors (Lipinski definition) is 5. The number of imidazole rings is 1. The second-order valence-electron chi connectivity index (χ2n) is 6.17. The number of benzene rings is 1. The standard InChI is InChI=1S/C18H18FN5OS.ClH/c19-13-1-3-14(4-2-13)24-11-21-9-15(24)17(25)23-18-22-10-16(26-18)12-5-7-20-8-6-12;/h1-4,9-12,20H,5-8H2,(H,22,23,25);1H. The number of nitrogens with one attached hydrogen (secondary N) is 2. The molecule has 0 bridgehead atoms. The molecule has 4 rings (SSSR count). The van der Waals surface area contributed by atoms with Crippen molar-refractivity contribution in [1.82, 2.24) is 19.9 Å². The lowest BCUT2D eigenvalue weighted by Crippen LogP contribution is -2.26. The molecule has 0 saturated carbocycles. The van der Waals surface area contributed by atoms with Crippen LogP contribution in [0.3, 0.4) is 0 Å². The highest BCUT2D eigenvalue weighted by molar-refractivity contribution is 7.15. The molecule has 1 aliphatic heterocycles. The Hall–Kier alpha value is -2.29. The normalized spacial score (nSPS) is 14.6. The number of rotatable bonds is 4. The Kier molecular flexibility index (Phi) is 6.20. The van der Waals surface area contributed by atoms with Gasteiger partial charge in [0.05, 0.1) is 12.5 Å². The minimum absolute atomic E-state index is 0. The minimum atomic E-state index is -0.326. The molecule has 6 nitrogen and oxygen atoms in total. The summed E-state index contributed by atoms with van der Waals surface area (Å²) in [5, 5.41) is 6.77. The predicted molar refractivity (Wildman–Crippen MR) is 106 cm³/mol. The number of anilines is 1. The number of carbonyl (C=O) groups is 1. The first-order valence-electron chi connectivity index (χ1n) is 8.47. The predicted octanol–water partition coefficient (Wildman–Crippen LogP) is 3.61. The maximum atomic E-state index is 13.1. The average molecular weight is 408 g/mol. The van der Waals surface area contributed by atoms with Gasteiger partial charge in [-0.25, -0.2) is 14.4 Å². The Balaban J connectivity index is 0.00000210. The lowest BCUT2D eigenvalue weighted by Gasteiger charge is -2.20. The SMILES string of the molecule is Cl.O=C(Nc1ncc(C2CCNCC2)s1)c1cncn1-c1ccc(F)cc1. The Morgan fingerprint density at radius 1 is 1.22 bits per heavy atom. The molecule has 9 heteroatoms. The van der Waals surface area contributed by atoms with Gasteiger partial charge in [0.2, 0.25) is 0 Å². The molecule has 1 amide bonds. The van der Waals surface area contributed by atoms with Crippen molar-refractivity contribution in [2.75, 3.05) is 18.4 Å². The first-order chi connectivity index (χ1) is 12.7. The number of amides is 1. The van der Waals surface area contributed by atoms with Crippen molar-refractivity contribution in [2.24, 2.45) is 0 Å². The van der Waals surface area contributed by atoms with Crippen molar-refractivity contribution < 1.29 is 9.18 Å². The summed E-state index contributed by atoms with van der Waals surface area (Å²) in [6.45, 7) is 2.03. The number of thiazole rings is 1. The molecule has 27 heavy (non-hydrogen) atoms. The molecule has 3 aromatic rings. The summed E-state index contributed by atoms with van der Waals surface area (Å²) in [6, 6.07) is 5.91.